The molecule has 2 rings (SSSR count). The normalized spacial score (nSPS) is 10.3. The minimum absolute atomic E-state index is 0.226. The highest BCUT2D eigenvalue weighted by atomic mass is 19.1. The summed E-state index contributed by atoms with van der Waals surface area (Å²) in [6.07, 6.45) is 1.75. The van der Waals surface area contributed by atoms with Crippen molar-refractivity contribution in [2.75, 3.05) is 13.7 Å². The van der Waals surface area contributed by atoms with Gasteiger partial charge in [0.15, 0.2) is 0 Å². The van der Waals surface area contributed by atoms with E-state index in [1.807, 2.05) is 30.1 Å². The second-order valence-electron chi connectivity index (χ2n) is 4.76. The molecule has 3 nitrogen and oxygen atoms in total. The van der Waals surface area contributed by atoms with Crippen LogP contribution in [0.15, 0.2) is 42.6 Å². The minimum atomic E-state index is -0.285. The molecule has 0 unspecified atom stereocenters. The Morgan fingerprint density at radius 3 is 2.76 bits per heavy atom. The lowest BCUT2D eigenvalue weighted by Gasteiger charge is -2.16. The van der Waals surface area contributed by atoms with E-state index in [1.54, 1.807) is 18.3 Å². The van der Waals surface area contributed by atoms with Crippen LogP contribution in [0.5, 0.6) is 0 Å². The number of benzene rings is 1. The summed E-state index contributed by atoms with van der Waals surface area (Å²) in [5.41, 5.74) is 2.13. The summed E-state index contributed by atoms with van der Waals surface area (Å²) >= 11 is 0. The molecule has 1 heterocycles. The van der Waals surface area contributed by atoms with Crippen molar-refractivity contribution in [1.29, 1.82) is 0 Å². The lowest BCUT2D eigenvalue weighted by molar-refractivity contribution is 0.310. The van der Waals surface area contributed by atoms with Gasteiger partial charge in [0.25, 0.3) is 0 Å². The predicted molar refractivity (Wildman–Crippen MR) is 79.8 cm³/mol. The van der Waals surface area contributed by atoms with Gasteiger partial charge < -0.3 is 5.11 Å². The van der Waals surface area contributed by atoms with Gasteiger partial charge in [-0.3, -0.25) is 9.88 Å². The first-order chi connectivity index (χ1) is 10.2. The standard InChI is InChI=1S/C17H17FN2O/c1-20(13-16-6-2-3-9-19-16)12-15-8-7-14(5-4-10-21)11-17(15)18/h2-3,6-9,11,21H,10,12-13H2,1H3. The Hall–Kier alpha value is -2.22. The third-order valence-corrected chi connectivity index (χ3v) is 2.96. The van der Waals surface area contributed by atoms with E-state index in [1.165, 1.54) is 6.07 Å². The minimum Gasteiger partial charge on any atom is -0.384 e. The molecular weight excluding hydrogens is 267 g/mol. The molecular formula is C17H17FN2O. The Morgan fingerprint density at radius 2 is 2.10 bits per heavy atom. The van der Waals surface area contributed by atoms with Crippen molar-refractivity contribution in [2.24, 2.45) is 0 Å². The number of aromatic nitrogens is 1. The van der Waals surface area contributed by atoms with Gasteiger partial charge in [-0.1, -0.05) is 24.0 Å². The largest absolute Gasteiger partial charge is 0.384 e. The second kappa shape index (κ2) is 7.53. The van der Waals surface area contributed by atoms with Crippen LogP contribution in [0.1, 0.15) is 16.8 Å². The number of halogens is 1. The third kappa shape index (κ3) is 4.67. The molecule has 0 aliphatic heterocycles. The molecule has 0 amide bonds. The summed E-state index contributed by atoms with van der Waals surface area (Å²) in [7, 11) is 1.92. The van der Waals surface area contributed by atoms with E-state index < -0.39 is 0 Å². The molecule has 2 aromatic rings. The number of hydrogen-bond donors (Lipinski definition) is 1. The van der Waals surface area contributed by atoms with Crippen LogP contribution in [0.4, 0.5) is 4.39 Å². The maximum Gasteiger partial charge on any atom is 0.128 e. The number of aliphatic hydroxyl groups excluding tert-OH is 1. The molecule has 0 aliphatic rings. The Morgan fingerprint density at radius 1 is 1.24 bits per heavy atom. The lowest BCUT2D eigenvalue weighted by atomic mass is 10.1. The highest BCUT2D eigenvalue weighted by molar-refractivity contribution is 5.37. The van der Waals surface area contributed by atoms with Gasteiger partial charge in [-0.15, -0.1) is 0 Å². The molecule has 0 saturated heterocycles. The van der Waals surface area contributed by atoms with Gasteiger partial charge in [-0.2, -0.15) is 0 Å². The Kier molecular flexibility index (Phi) is 5.44. The van der Waals surface area contributed by atoms with E-state index in [-0.39, 0.29) is 12.4 Å². The van der Waals surface area contributed by atoms with Crippen molar-refractivity contribution in [3.05, 3.63) is 65.2 Å². The zero-order valence-electron chi connectivity index (χ0n) is 11.9. The topological polar surface area (TPSA) is 36.4 Å². The number of hydrogen-bond acceptors (Lipinski definition) is 3. The van der Waals surface area contributed by atoms with E-state index in [0.717, 1.165) is 5.69 Å². The molecule has 0 spiro atoms. The lowest BCUT2D eigenvalue weighted by Crippen LogP contribution is -2.18. The fourth-order valence-electron chi connectivity index (χ4n) is 2.01. The van der Waals surface area contributed by atoms with Gasteiger partial charge in [-0.25, -0.2) is 4.39 Å². The van der Waals surface area contributed by atoms with Crippen LogP contribution in [-0.2, 0) is 13.1 Å². The molecule has 0 aliphatic carbocycles. The molecule has 1 N–H and O–H groups in total. The molecule has 1 aromatic heterocycles. The number of nitrogens with zero attached hydrogens (tertiary/aromatic N) is 2. The van der Waals surface area contributed by atoms with Gasteiger partial charge in [-0.05, 0) is 31.3 Å². The van der Waals surface area contributed by atoms with Crippen LogP contribution >= 0.6 is 0 Å². The number of aliphatic hydroxyl groups is 1. The molecule has 0 saturated carbocycles. The van der Waals surface area contributed by atoms with Gasteiger partial charge in [0, 0.05) is 30.4 Å². The molecule has 108 valence electrons. The van der Waals surface area contributed by atoms with E-state index >= 15 is 0 Å². The first-order valence-corrected chi connectivity index (χ1v) is 6.65. The van der Waals surface area contributed by atoms with Crippen molar-refractivity contribution in [3.8, 4) is 11.8 Å². The number of pyridine rings is 1. The zero-order chi connectivity index (χ0) is 15.1. The Labute approximate surface area is 124 Å². The highest BCUT2D eigenvalue weighted by Crippen LogP contribution is 2.13. The maximum absolute atomic E-state index is 14.0. The molecule has 0 bridgehead atoms. The smallest absolute Gasteiger partial charge is 0.128 e. The van der Waals surface area contributed by atoms with Crippen LogP contribution < -0.4 is 0 Å². The summed E-state index contributed by atoms with van der Waals surface area (Å²) in [5, 5.41) is 8.63. The van der Waals surface area contributed by atoms with Gasteiger partial charge in [0.1, 0.15) is 12.4 Å². The summed E-state index contributed by atoms with van der Waals surface area (Å²) in [6.45, 7) is 0.929. The van der Waals surface area contributed by atoms with Gasteiger partial charge >= 0.3 is 0 Å². The van der Waals surface area contributed by atoms with Crippen LogP contribution in [-0.4, -0.2) is 28.6 Å². The van der Waals surface area contributed by atoms with Crippen molar-refractivity contribution in [2.45, 2.75) is 13.1 Å². The summed E-state index contributed by atoms with van der Waals surface area (Å²) in [6, 6.07) is 10.6. The highest BCUT2D eigenvalue weighted by Gasteiger charge is 2.07. The predicted octanol–water partition coefficient (Wildman–Crippen LogP) is 2.20. The van der Waals surface area contributed by atoms with Crippen molar-refractivity contribution >= 4 is 0 Å². The second-order valence-corrected chi connectivity index (χ2v) is 4.76. The molecule has 1 aromatic carbocycles. The fourth-order valence-corrected chi connectivity index (χ4v) is 2.01. The maximum atomic E-state index is 14.0. The fraction of sp³-hybridized carbons (Fsp3) is 0.235. The average Bonchev–Trinajstić information content (AvgIpc) is 2.48. The Balaban J connectivity index is 2.02. The molecule has 4 heteroatoms. The molecule has 0 atom stereocenters. The first kappa shape index (κ1) is 15.2. The zero-order valence-corrected chi connectivity index (χ0v) is 11.9. The van der Waals surface area contributed by atoms with Crippen LogP contribution in [0.3, 0.4) is 0 Å². The summed E-state index contributed by atoms with van der Waals surface area (Å²) < 4.78 is 14.0. The SMILES string of the molecule is CN(Cc1ccccn1)Cc1ccc(C#CCO)cc1F. The van der Waals surface area contributed by atoms with E-state index in [0.29, 0.717) is 24.2 Å². The first-order valence-electron chi connectivity index (χ1n) is 6.65. The van der Waals surface area contributed by atoms with Gasteiger partial charge in [0.2, 0.25) is 0 Å². The van der Waals surface area contributed by atoms with Crippen LogP contribution in [0, 0.1) is 17.7 Å². The van der Waals surface area contributed by atoms with Crippen LogP contribution in [0.25, 0.3) is 0 Å². The van der Waals surface area contributed by atoms with E-state index in [2.05, 4.69) is 16.8 Å². The molecule has 0 radical (unpaired) electrons. The third-order valence-electron chi connectivity index (χ3n) is 2.96. The van der Waals surface area contributed by atoms with E-state index in [9.17, 15) is 4.39 Å². The monoisotopic (exact) mass is 284 g/mol. The van der Waals surface area contributed by atoms with Crippen molar-refractivity contribution < 1.29 is 9.50 Å². The average molecular weight is 284 g/mol. The van der Waals surface area contributed by atoms with Gasteiger partial charge in [0.05, 0.1) is 5.69 Å². The quantitative estimate of drug-likeness (QED) is 0.874. The summed E-state index contributed by atoms with van der Waals surface area (Å²) in [4.78, 5) is 6.25. The Bertz CT molecular complexity index is 647. The molecule has 21 heavy (non-hydrogen) atoms. The van der Waals surface area contributed by atoms with Crippen LogP contribution in [0.2, 0.25) is 0 Å². The van der Waals surface area contributed by atoms with E-state index in [4.69, 9.17) is 5.11 Å². The van der Waals surface area contributed by atoms with Crippen molar-refractivity contribution in [3.63, 3.8) is 0 Å². The number of rotatable bonds is 4. The van der Waals surface area contributed by atoms with Crippen molar-refractivity contribution in [1.82, 2.24) is 9.88 Å². The molecule has 0 fully saturated rings. The summed E-state index contributed by atoms with van der Waals surface area (Å²) in [5.74, 6) is 4.91.